The van der Waals surface area contributed by atoms with Crippen LogP contribution in [-0.4, -0.2) is 11.7 Å². The highest BCUT2D eigenvalue weighted by Crippen LogP contribution is 2.37. The van der Waals surface area contributed by atoms with E-state index in [-0.39, 0.29) is 17.0 Å². The summed E-state index contributed by atoms with van der Waals surface area (Å²) < 4.78 is 101. The summed E-state index contributed by atoms with van der Waals surface area (Å²) in [4.78, 5) is 0. The molecule has 2 N–H and O–H groups in total. The number of rotatable bonds is 9. The first-order chi connectivity index (χ1) is 19.8. The minimum absolute atomic E-state index is 0.223. The van der Waals surface area contributed by atoms with E-state index in [0.29, 0.717) is 35.3 Å². The lowest BCUT2D eigenvalue weighted by Gasteiger charge is -2.27. The Morgan fingerprint density at radius 3 is 1.79 bits per heavy atom. The van der Waals surface area contributed by atoms with Gasteiger partial charge in [0.15, 0.2) is 0 Å². The molecular formula is C32H28F7NO2. The molecule has 10 heteroatoms. The van der Waals surface area contributed by atoms with Crippen molar-refractivity contribution in [1.29, 1.82) is 0 Å². The maximum atomic E-state index is 15.2. The fraction of sp³-hybridized carbons (Fsp3) is 0.250. The summed E-state index contributed by atoms with van der Waals surface area (Å²) in [6.45, 7) is 3.41. The van der Waals surface area contributed by atoms with Crippen molar-refractivity contribution in [3.05, 3.63) is 130 Å². The van der Waals surface area contributed by atoms with Gasteiger partial charge in [0, 0.05) is 5.56 Å². The summed E-state index contributed by atoms with van der Waals surface area (Å²) in [5.41, 5.74) is -0.809. The first kappa shape index (κ1) is 31.1. The van der Waals surface area contributed by atoms with Crippen LogP contribution in [0.1, 0.15) is 65.2 Å². The molecule has 4 aromatic rings. The number of nitrogens with one attached hydrogen (secondary N) is 1. The fourth-order valence-electron chi connectivity index (χ4n) is 4.50. The summed E-state index contributed by atoms with van der Waals surface area (Å²) in [5.74, 6) is 0.132. The van der Waals surface area contributed by atoms with E-state index >= 15 is 4.39 Å². The lowest BCUT2D eigenvalue weighted by molar-refractivity contribution is -0.138. The first-order valence-electron chi connectivity index (χ1n) is 13.0. The molecule has 3 nitrogen and oxygen atoms in total. The molecule has 42 heavy (non-hydrogen) atoms. The maximum absolute atomic E-state index is 15.2. The van der Waals surface area contributed by atoms with Crippen LogP contribution in [0.3, 0.4) is 0 Å². The highest BCUT2D eigenvalue weighted by Gasteiger charge is 2.33. The van der Waals surface area contributed by atoms with Crippen LogP contribution in [0.15, 0.2) is 91.0 Å². The predicted octanol–water partition coefficient (Wildman–Crippen LogP) is 9.19. The van der Waals surface area contributed by atoms with Gasteiger partial charge in [0.2, 0.25) is 0 Å². The summed E-state index contributed by atoms with van der Waals surface area (Å²) >= 11 is 0. The minimum Gasteiger partial charge on any atom is -0.457 e. The zero-order valence-electron chi connectivity index (χ0n) is 22.6. The second-order valence-corrected chi connectivity index (χ2v) is 10.1. The van der Waals surface area contributed by atoms with Crippen molar-refractivity contribution in [2.24, 2.45) is 0 Å². The largest absolute Gasteiger partial charge is 0.457 e. The number of hydrogen-bond donors (Lipinski definition) is 2. The SMILES string of the molecule is CC(C)c1cccc(Oc2cccc(C(NC(CO)c3ccc(C(F)(F)F)cc3)c3cc(C(F)(F)F)ccc3F)c2)c1. The number of benzene rings is 4. The molecule has 0 radical (unpaired) electrons. The molecule has 0 saturated heterocycles. The molecule has 0 spiro atoms. The lowest BCUT2D eigenvalue weighted by atomic mass is 9.94. The van der Waals surface area contributed by atoms with E-state index in [2.05, 4.69) is 5.32 Å². The molecule has 4 rings (SSSR count). The Bertz CT molecular complexity index is 1500. The van der Waals surface area contributed by atoms with Gasteiger partial charge in [0.1, 0.15) is 17.3 Å². The van der Waals surface area contributed by atoms with Crippen molar-refractivity contribution >= 4 is 0 Å². The van der Waals surface area contributed by atoms with E-state index in [1.807, 2.05) is 32.0 Å². The van der Waals surface area contributed by atoms with Crippen LogP contribution in [-0.2, 0) is 12.4 Å². The molecule has 0 aromatic heterocycles. The van der Waals surface area contributed by atoms with E-state index in [1.165, 1.54) is 6.07 Å². The van der Waals surface area contributed by atoms with Crippen molar-refractivity contribution in [1.82, 2.24) is 5.32 Å². The summed E-state index contributed by atoms with van der Waals surface area (Å²) in [6, 6.07) is 17.3. The van der Waals surface area contributed by atoms with Gasteiger partial charge in [-0.25, -0.2) is 4.39 Å². The van der Waals surface area contributed by atoms with Gasteiger partial charge in [-0.3, -0.25) is 5.32 Å². The molecule has 0 fully saturated rings. The molecule has 0 aliphatic heterocycles. The number of aliphatic hydroxyl groups is 1. The van der Waals surface area contributed by atoms with Crippen LogP contribution in [0.5, 0.6) is 11.5 Å². The Morgan fingerprint density at radius 1 is 0.690 bits per heavy atom. The van der Waals surface area contributed by atoms with E-state index < -0.39 is 48.0 Å². The van der Waals surface area contributed by atoms with Crippen LogP contribution < -0.4 is 10.1 Å². The Kier molecular flexibility index (Phi) is 9.27. The molecule has 2 atom stereocenters. The summed E-state index contributed by atoms with van der Waals surface area (Å²) in [5, 5.41) is 13.1. The van der Waals surface area contributed by atoms with E-state index in [9.17, 15) is 31.4 Å². The van der Waals surface area contributed by atoms with Crippen molar-refractivity contribution in [3.63, 3.8) is 0 Å². The molecule has 0 aliphatic carbocycles. The van der Waals surface area contributed by atoms with Crippen LogP contribution >= 0.6 is 0 Å². The van der Waals surface area contributed by atoms with Crippen LogP contribution in [0.4, 0.5) is 30.7 Å². The fourth-order valence-corrected chi connectivity index (χ4v) is 4.50. The van der Waals surface area contributed by atoms with Crippen LogP contribution in [0, 0.1) is 5.82 Å². The first-order valence-corrected chi connectivity index (χ1v) is 13.0. The average Bonchev–Trinajstić information content (AvgIpc) is 2.93. The van der Waals surface area contributed by atoms with E-state index in [4.69, 9.17) is 4.74 Å². The molecule has 0 saturated carbocycles. The summed E-state index contributed by atoms with van der Waals surface area (Å²) in [7, 11) is 0. The molecule has 0 bridgehead atoms. The molecule has 0 aliphatic rings. The standard InChI is InChI=1S/C32H28F7NO2/c1-19(2)21-5-3-7-25(15-21)42-26-8-4-6-22(16-26)30(27-17-24(32(37,38)39)13-14-28(27)33)40-29(18-41)20-9-11-23(12-10-20)31(34,35)36/h3-17,19,29-30,40-41H,18H2,1-2H3. The second-order valence-electron chi connectivity index (χ2n) is 10.1. The predicted molar refractivity (Wildman–Crippen MR) is 145 cm³/mol. The Hall–Kier alpha value is -3.89. The topological polar surface area (TPSA) is 41.5 Å². The minimum atomic E-state index is -4.76. The molecule has 0 amide bonds. The average molecular weight is 592 g/mol. The number of alkyl halides is 6. The van der Waals surface area contributed by atoms with Crippen molar-refractivity contribution in [2.75, 3.05) is 6.61 Å². The van der Waals surface area contributed by atoms with Crippen LogP contribution in [0.25, 0.3) is 0 Å². The third kappa shape index (κ3) is 7.49. The van der Waals surface area contributed by atoms with Gasteiger partial charge in [-0.15, -0.1) is 0 Å². The quantitative estimate of drug-likeness (QED) is 0.191. The monoisotopic (exact) mass is 591 g/mol. The van der Waals surface area contributed by atoms with Gasteiger partial charge < -0.3 is 9.84 Å². The maximum Gasteiger partial charge on any atom is 0.416 e. The smallest absolute Gasteiger partial charge is 0.416 e. The molecule has 2 unspecified atom stereocenters. The normalized spacial score (nSPS) is 13.7. The van der Waals surface area contributed by atoms with Crippen molar-refractivity contribution in [2.45, 2.75) is 44.2 Å². The van der Waals surface area contributed by atoms with Gasteiger partial charge in [-0.1, -0.05) is 50.2 Å². The van der Waals surface area contributed by atoms with Crippen LogP contribution in [0.2, 0.25) is 0 Å². The van der Waals surface area contributed by atoms with E-state index in [1.54, 1.807) is 24.3 Å². The third-order valence-corrected chi connectivity index (χ3v) is 6.78. The number of halogens is 7. The number of aliphatic hydroxyl groups excluding tert-OH is 1. The van der Waals surface area contributed by atoms with Gasteiger partial charge in [-0.05, 0) is 77.2 Å². The zero-order chi connectivity index (χ0) is 30.7. The second kappa shape index (κ2) is 12.5. The highest BCUT2D eigenvalue weighted by atomic mass is 19.4. The molecule has 0 heterocycles. The molecular weight excluding hydrogens is 563 g/mol. The Balaban J connectivity index is 1.76. The number of ether oxygens (including phenoxy) is 1. The van der Waals surface area contributed by atoms with Gasteiger partial charge >= 0.3 is 12.4 Å². The summed E-state index contributed by atoms with van der Waals surface area (Å²) in [6.07, 6.45) is -9.34. The van der Waals surface area contributed by atoms with E-state index in [0.717, 1.165) is 29.8 Å². The van der Waals surface area contributed by atoms with Crippen molar-refractivity contribution < 1.29 is 40.6 Å². The lowest BCUT2D eigenvalue weighted by Crippen LogP contribution is -2.30. The van der Waals surface area contributed by atoms with Crippen molar-refractivity contribution in [3.8, 4) is 11.5 Å². The number of hydrogen-bond acceptors (Lipinski definition) is 3. The third-order valence-electron chi connectivity index (χ3n) is 6.78. The van der Waals surface area contributed by atoms with Gasteiger partial charge in [-0.2, -0.15) is 26.3 Å². The highest BCUT2D eigenvalue weighted by molar-refractivity contribution is 5.42. The van der Waals surface area contributed by atoms with Gasteiger partial charge in [0.05, 0.1) is 29.8 Å². The Morgan fingerprint density at radius 2 is 1.24 bits per heavy atom. The molecule has 222 valence electrons. The molecule has 4 aromatic carbocycles. The van der Waals surface area contributed by atoms with Gasteiger partial charge in [0.25, 0.3) is 0 Å². The Labute approximate surface area is 238 Å². The zero-order valence-corrected chi connectivity index (χ0v) is 22.6.